The number of hydrogen-bond donors (Lipinski definition) is 2. The molecular weight excluding hydrogens is 218 g/mol. The van der Waals surface area contributed by atoms with Crippen LogP contribution in [0.15, 0.2) is 10.6 Å². The molecule has 2 rings (SSSR count). The van der Waals surface area contributed by atoms with Gasteiger partial charge in [-0.2, -0.15) is 0 Å². The molecule has 2 N–H and O–H groups in total. The lowest BCUT2D eigenvalue weighted by Gasteiger charge is -2.24. The van der Waals surface area contributed by atoms with Crippen molar-refractivity contribution >= 4 is 5.91 Å². The van der Waals surface area contributed by atoms with Crippen molar-refractivity contribution in [1.82, 2.24) is 15.6 Å². The molecule has 2 unspecified atom stereocenters. The third-order valence-electron chi connectivity index (χ3n) is 3.23. The molecule has 1 fully saturated rings. The summed E-state index contributed by atoms with van der Waals surface area (Å²) in [6, 6.07) is -0.199. The van der Waals surface area contributed by atoms with Gasteiger partial charge in [0, 0.05) is 0 Å². The van der Waals surface area contributed by atoms with E-state index in [1.54, 1.807) is 6.20 Å². The van der Waals surface area contributed by atoms with Crippen LogP contribution in [0.4, 0.5) is 0 Å². The highest BCUT2D eigenvalue weighted by molar-refractivity contribution is 5.86. The van der Waals surface area contributed by atoms with Gasteiger partial charge in [-0.25, -0.2) is 4.98 Å². The van der Waals surface area contributed by atoms with Crippen LogP contribution in [0.1, 0.15) is 44.4 Å². The fraction of sp³-hybridized carbons (Fsp3) is 0.667. The second-order valence-corrected chi connectivity index (χ2v) is 4.87. The second kappa shape index (κ2) is 4.49. The van der Waals surface area contributed by atoms with Crippen LogP contribution in [0.25, 0.3) is 0 Å². The smallest absolute Gasteiger partial charge is 0.240 e. The molecule has 0 aliphatic carbocycles. The van der Waals surface area contributed by atoms with Crippen LogP contribution < -0.4 is 10.6 Å². The quantitative estimate of drug-likeness (QED) is 0.831. The van der Waals surface area contributed by atoms with E-state index in [-0.39, 0.29) is 11.9 Å². The van der Waals surface area contributed by atoms with E-state index in [9.17, 15) is 4.79 Å². The van der Waals surface area contributed by atoms with E-state index >= 15 is 0 Å². The summed E-state index contributed by atoms with van der Waals surface area (Å²) < 4.78 is 5.40. The molecule has 0 saturated carbocycles. The zero-order valence-corrected chi connectivity index (χ0v) is 10.5. The Balaban J connectivity index is 1.99. The van der Waals surface area contributed by atoms with E-state index in [0.29, 0.717) is 5.89 Å². The predicted octanol–water partition coefficient (Wildman–Crippen LogP) is 1.30. The number of aryl methyl sites for hydroxylation is 1. The molecular formula is C12H19N3O2. The number of nitrogens with one attached hydrogen (secondary N) is 2. The van der Waals surface area contributed by atoms with Gasteiger partial charge >= 0.3 is 0 Å². The fourth-order valence-corrected chi connectivity index (χ4v) is 2.08. The summed E-state index contributed by atoms with van der Waals surface area (Å²) in [5, 5.41) is 6.17. The van der Waals surface area contributed by atoms with Crippen molar-refractivity contribution in [1.29, 1.82) is 0 Å². The molecule has 1 saturated heterocycles. The van der Waals surface area contributed by atoms with Gasteiger partial charge in [-0.1, -0.05) is 0 Å². The van der Waals surface area contributed by atoms with Crippen molar-refractivity contribution in [3.05, 3.63) is 17.8 Å². The molecule has 94 valence electrons. The maximum absolute atomic E-state index is 12.1. The van der Waals surface area contributed by atoms with Crippen LogP contribution >= 0.6 is 0 Å². The van der Waals surface area contributed by atoms with Crippen molar-refractivity contribution in [2.24, 2.45) is 0 Å². The van der Waals surface area contributed by atoms with E-state index < -0.39 is 5.54 Å². The van der Waals surface area contributed by atoms with Crippen molar-refractivity contribution in [3.63, 3.8) is 0 Å². The van der Waals surface area contributed by atoms with Crippen LogP contribution in [0.3, 0.4) is 0 Å². The molecule has 5 heteroatoms. The van der Waals surface area contributed by atoms with Gasteiger partial charge in [0.1, 0.15) is 11.8 Å². The predicted molar refractivity (Wildman–Crippen MR) is 63.4 cm³/mol. The molecule has 1 aromatic rings. The number of oxazole rings is 1. The molecule has 5 nitrogen and oxygen atoms in total. The zero-order chi connectivity index (χ0) is 12.5. The summed E-state index contributed by atoms with van der Waals surface area (Å²) in [5.74, 6) is 1.32. The van der Waals surface area contributed by atoms with Gasteiger partial charge in [-0.05, 0) is 40.2 Å². The molecule has 2 atom stereocenters. The molecule has 0 aromatic carbocycles. The molecule has 2 heterocycles. The molecule has 0 radical (unpaired) electrons. The first-order valence-electron chi connectivity index (χ1n) is 5.99. The fourth-order valence-electron chi connectivity index (χ4n) is 2.08. The first-order valence-corrected chi connectivity index (χ1v) is 5.99. The summed E-state index contributed by atoms with van der Waals surface area (Å²) in [7, 11) is 0. The van der Waals surface area contributed by atoms with Crippen molar-refractivity contribution in [2.75, 3.05) is 6.54 Å². The molecule has 1 aliphatic heterocycles. The minimum Gasteiger partial charge on any atom is -0.444 e. The Bertz CT molecular complexity index is 408. The molecule has 0 bridgehead atoms. The third-order valence-corrected chi connectivity index (χ3v) is 3.23. The Morgan fingerprint density at radius 3 is 3.00 bits per heavy atom. The van der Waals surface area contributed by atoms with Gasteiger partial charge in [-0.15, -0.1) is 0 Å². The summed E-state index contributed by atoms with van der Waals surface area (Å²) in [4.78, 5) is 16.2. The SMILES string of the molecule is Cc1cnc(C(C)NC(=O)C2(C)CCCN2)o1. The number of carbonyl (C=O) groups excluding carboxylic acids is 1. The minimum atomic E-state index is -0.449. The highest BCUT2D eigenvalue weighted by atomic mass is 16.4. The van der Waals surface area contributed by atoms with Crippen LogP contribution in [-0.2, 0) is 4.79 Å². The largest absolute Gasteiger partial charge is 0.444 e. The van der Waals surface area contributed by atoms with Gasteiger partial charge < -0.3 is 15.1 Å². The van der Waals surface area contributed by atoms with E-state index in [4.69, 9.17) is 4.42 Å². The van der Waals surface area contributed by atoms with E-state index in [1.807, 2.05) is 20.8 Å². The normalized spacial score (nSPS) is 25.8. The molecule has 1 aliphatic rings. The second-order valence-electron chi connectivity index (χ2n) is 4.87. The van der Waals surface area contributed by atoms with Crippen LogP contribution in [0.5, 0.6) is 0 Å². The highest BCUT2D eigenvalue weighted by Crippen LogP contribution is 2.20. The number of carbonyl (C=O) groups is 1. The lowest BCUT2D eigenvalue weighted by Crippen LogP contribution is -2.51. The number of hydrogen-bond acceptors (Lipinski definition) is 4. The lowest BCUT2D eigenvalue weighted by molar-refractivity contribution is -0.127. The molecule has 0 spiro atoms. The Morgan fingerprint density at radius 1 is 1.71 bits per heavy atom. The van der Waals surface area contributed by atoms with Crippen LogP contribution in [0, 0.1) is 6.92 Å². The third kappa shape index (κ3) is 2.49. The Kier molecular flexibility index (Phi) is 3.19. The summed E-state index contributed by atoms with van der Waals surface area (Å²) in [5.41, 5.74) is -0.449. The van der Waals surface area contributed by atoms with Gasteiger partial charge in [0.25, 0.3) is 0 Å². The lowest BCUT2D eigenvalue weighted by atomic mass is 9.99. The van der Waals surface area contributed by atoms with Gasteiger partial charge in [0.15, 0.2) is 0 Å². The number of aromatic nitrogens is 1. The number of rotatable bonds is 3. The Morgan fingerprint density at radius 2 is 2.47 bits per heavy atom. The van der Waals surface area contributed by atoms with Gasteiger partial charge in [0.2, 0.25) is 11.8 Å². The summed E-state index contributed by atoms with van der Waals surface area (Å²) >= 11 is 0. The van der Waals surface area contributed by atoms with Crippen molar-refractivity contribution in [2.45, 2.75) is 45.2 Å². The standard InChI is InChI=1S/C12H19N3O2/c1-8-7-13-10(17-8)9(2)15-11(16)12(3)5-4-6-14-12/h7,9,14H,4-6H2,1-3H3,(H,15,16). The first kappa shape index (κ1) is 12.1. The summed E-state index contributed by atoms with van der Waals surface area (Å²) in [6.45, 7) is 6.55. The van der Waals surface area contributed by atoms with Crippen LogP contribution in [0.2, 0.25) is 0 Å². The Labute approximate surface area is 101 Å². The van der Waals surface area contributed by atoms with Crippen molar-refractivity contribution in [3.8, 4) is 0 Å². The first-order chi connectivity index (χ1) is 8.01. The zero-order valence-electron chi connectivity index (χ0n) is 10.5. The van der Waals surface area contributed by atoms with E-state index in [1.165, 1.54) is 0 Å². The van der Waals surface area contributed by atoms with Gasteiger partial charge in [-0.3, -0.25) is 4.79 Å². The van der Waals surface area contributed by atoms with Gasteiger partial charge in [0.05, 0.1) is 11.7 Å². The highest BCUT2D eigenvalue weighted by Gasteiger charge is 2.36. The van der Waals surface area contributed by atoms with E-state index in [0.717, 1.165) is 25.1 Å². The Hall–Kier alpha value is -1.36. The molecule has 1 aromatic heterocycles. The molecule has 1 amide bonds. The average Bonchev–Trinajstić information content (AvgIpc) is 2.88. The van der Waals surface area contributed by atoms with E-state index in [2.05, 4.69) is 15.6 Å². The van der Waals surface area contributed by atoms with Crippen molar-refractivity contribution < 1.29 is 9.21 Å². The number of nitrogens with zero attached hydrogens (tertiary/aromatic N) is 1. The van der Waals surface area contributed by atoms with Crippen LogP contribution in [-0.4, -0.2) is 23.0 Å². The topological polar surface area (TPSA) is 67.2 Å². The molecule has 17 heavy (non-hydrogen) atoms. The minimum absolute atomic E-state index is 0.0124. The maximum atomic E-state index is 12.1. The summed E-state index contributed by atoms with van der Waals surface area (Å²) in [6.07, 6.45) is 3.57. The maximum Gasteiger partial charge on any atom is 0.240 e. The monoisotopic (exact) mass is 237 g/mol. The average molecular weight is 237 g/mol. The number of amides is 1.